The Hall–Kier alpha value is -2.44. The van der Waals surface area contributed by atoms with Gasteiger partial charge < -0.3 is 15.2 Å². The molecule has 2 N–H and O–H groups in total. The number of sulfone groups is 1. The van der Waals surface area contributed by atoms with Crippen molar-refractivity contribution < 1.29 is 45.0 Å². The summed E-state index contributed by atoms with van der Waals surface area (Å²) in [7, 11) is -5.46. The summed E-state index contributed by atoms with van der Waals surface area (Å²) >= 11 is 5.66. The smallest absolute Gasteiger partial charge is 0.341 e. The first-order valence-corrected chi connectivity index (χ1v) is 9.91. The lowest BCUT2D eigenvalue weighted by Gasteiger charge is -2.18. The molecule has 2 aromatic carbocycles. The molecule has 0 bridgehead atoms. The number of halogens is 6. The number of benzene rings is 2. The quantitative estimate of drug-likeness (QED) is 0.567. The molecule has 6 nitrogen and oxygen atoms in total. The predicted molar refractivity (Wildman–Crippen MR) is 95.5 cm³/mol. The van der Waals surface area contributed by atoms with Crippen molar-refractivity contribution in [1.82, 2.24) is 5.32 Å². The summed E-state index contributed by atoms with van der Waals surface area (Å²) in [5.41, 5.74) is -2.59. The largest absolute Gasteiger partial charge is 0.457 e. The van der Waals surface area contributed by atoms with Gasteiger partial charge in [-0.3, -0.25) is 4.79 Å². The first-order chi connectivity index (χ1) is 14.0. The Kier molecular flexibility index (Phi) is 7.61. The number of ether oxygens (including phenoxy) is 1. The van der Waals surface area contributed by atoms with Gasteiger partial charge in [0.05, 0.1) is 22.6 Å². The van der Waals surface area contributed by atoms with Crippen LogP contribution >= 0.6 is 11.6 Å². The van der Waals surface area contributed by atoms with Crippen LogP contribution < -0.4 is 10.1 Å². The summed E-state index contributed by atoms with van der Waals surface area (Å²) in [5.74, 6) is -7.49. The second-order valence-electron chi connectivity index (χ2n) is 5.64. The van der Waals surface area contributed by atoms with Gasteiger partial charge in [-0.2, -0.15) is 8.78 Å². The number of hydrogen-bond donors (Lipinski definition) is 2. The van der Waals surface area contributed by atoms with Crippen molar-refractivity contribution in [1.29, 1.82) is 0 Å². The number of carbonyl (C=O) groups is 1. The number of nitrogens with one attached hydrogen (secondary N) is 1. The standard InChI is InChI=1S/C17H13ClF5NO5S/c18-8-5-9(19)7-10(6-8)29-11-1-2-12(30(27,28)17(22)23)14(13(11)15(20)21)16(26)24-3-4-25/h1-2,5-7,15,17,25H,3-4H2,(H,24,26). The fraction of sp³-hybridized carbons (Fsp3) is 0.235. The van der Waals surface area contributed by atoms with E-state index in [9.17, 15) is 35.2 Å². The molecule has 2 aromatic rings. The van der Waals surface area contributed by atoms with Crippen LogP contribution in [0.2, 0.25) is 5.02 Å². The zero-order chi connectivity index (χ0) is 22.6. The maximum atomic E-state index is 13.8. The number of carbonyl (C=O) groups excluding carboxylic acids is 1. The van der Waals surface area contributed by atoms with E-state index >= 15 is 0 Å². The zero-order valence-electron chi connectivity index (χ0n) is 14.7. The van der Waals surface area contributed by atoms with Crippen molar-refractivity contribution in [2.24, 2.45) is 0 Å². The fourth-order valence-electron chi connectivity index (χ4n) is 2.43. The van der Waals surface area contributed by atoms with Crippen molar-refractivity contribution in [2.45, 2.75) is 17.1 Å². The molecular weight excluding hydrogens is 461 g/mol. The number of hydrogen-bond acceptors (Lipinski definition) is 5. The van der Waals surface area contributed by atoms with Crippen LogP contribution in [0.15, 0.2) is 35.2 Å². The molecule has 164 valence electrons. The van der Waals surface area contributed by atoms with Crippen LogP contribution in [-0.2, 0) is 9.84 Å². The Labute approximate surface area is 172 Å². The Morgan fingerprint density at radius 3 is 2.37 bits per heavy atom. The number of alkyl halides is 4. The van der Waals surface area contributed by atoms with Gasteiger partial charge in [0.2, 0.25) is 9.84 Å². The van der Waals surface area contributed by atoms with E-state index in [0.29, 0.717) is 12.1 Å². The minimum absolute atomic E-state index is 0.151. The highest BCUT2D eigenvalue weighted by molar-refractivity contribution is 7.91. The van der Waals surface area contributed by atoms with Crippen LogP contribution in [0.1, 0.15) is 22.3 Å². The maximum Gasteiger partial charge on any atom is 0.341 e. The van der Waals surface area contributed by atoms with Gasteiger partial charge in [-0.05, 0) is 24.3 Å². The molecular formula is C17H13ClF5NO5S. The molecule has 0 saturated carbocycles. The van der Waals surface area contributed by atoms with E-state index in [0.717, 1.165) is 18.2 Å². The molecule has 0 fully saturated rings. The normalized spacial score (nSPS) is 11.8. The molecule has 0 aliphatic rings. The van der Waals surface area contributed by atoms with Crippen LogP contribution in [-0.4, -0.2) is 38.3 Å². The summed E-state index contributed by atoms with van der Waals surface area (Å²) in [4.78, 5) is 11.0. The van der Waals surface area contributed by atoms with Gasteiger partial charge in [0.15, 0.2) is 0 Å². The van der Waals surface area contributed by atoms with E-state index in [1.165, 1.54) is 0 Å². The molecule has 0 spiro atoms. The molecule has 13 heteroatoms. The SMILES string of the molecule is O=C(NCCO)c1c(S(=O)(=O)C(F)F)ccc(Oc2cc(F)cc(Cl)c2)c1C(F)F. The minimum Gasteiger partial charge on any atom is -0.457 e. The molecule has 0 saturated heterocycles. The van der Waals surface area contributed by atoms with Crippen molar-refractivity contribution in [3.63, 3.8) is 0 Å². The average molecular weight is 474 g/mol. The second-order valence-corrected chi connectivity index (χ2v) is 7.97. The molecule has 1 amide bonds. The molecule has 0 heterocycles. The Morgan fingerprint density at radius 1 is 1.17 bits per heavy atom. The summed E-state index contributed by atoms with van der Waals surface area (Å²) in [6.45, 7) is -1.11. The first kappa shape index (κ1) is 23.8. The zero-order valence-corrected chi connectivity index (χ0v) is 16.3. The van der Waals surface area contributed by atoms with Crippen molar-refractivity contribution in [2.75, 3.05) is 13.2 Å². The van der Waals surface area contributed by atoms with Crippen molar-refractivity contribution in [3.05, 3.63) is 52.3 Å². The third-order valence-electron chi connectivity index (χ3n) is 3.61. The molecule has 0 aromatic heterocycles. The highest BCUT2D eigenvalue weighted by Crippen LogP contribution is 2.39. The summed E-state index contributed by atoms with van der Waals surface area (Å²) in [5, 5.41) is 10.6. The number of aliphatic hydroxyl groups excluding tert-OH is 1. The van der Waals surface area contributed by atoms with E-state index in [-0.39, 0.29) is 10.8 Å². The lowest BCUT2D eigenvalue weighted by atomic mass is 10.1. The molecule has 30 heavy (non-hydrogen) atoms. The van der Waals surface area contributed by atoms with Crippen LogP contribution in [0.4, 0.5) is 22.0 Å². The minimum atomic E-state index is -5.46. The first-order valence-electron chi connectivity index (χ1n) is 7.99. The van der Waals surface area contributed by atoms with Crippen LogP contribution in [0, 0.1) is 5.82 Å². The second kappa shape index (κ2) is 9.58. The molecule has 0 aliphatic heterocycles. The number of rotatable bonds is 8. The Morgan fingerprint density at radius 2 is 1.83 bits per heavy atom. The summed E-state index contributed by atoms with van der Waals surface area (Å²) in [6.07, 6.45) is -3.55. The monoisotopic (exact) mass is 473 g/mol. The Bertz CT molecular complexity index is 1030. The van der Waals surface area contributed by atoms with E-state index in [4.69, 9.17) is 21.4 Å². The van der Waals surface area contributed by atoms with Crippen molar-refractivity contribution in [3.8, 4) is 11.5 Å². The van der Waals surface area contributed by atoms with E-state index in [1.54, 1.807) is 0 Å². The highest BCUT2D eigenvalue weighted by Gasteiger charge is 2.36. The topological polar surface area (TPSA) is 92.7 Å². The van der Waals surface area contributed by atoms with E-state index < -0.39 is 68.7 Å². The number of amides is 1. The lowest BCUT2D eigenvalue weighted by Crippen LogP contribution is -2.30. The number of aliphatic hydroxyl groups is 1. The van der Waals surface area contributed by atoms with Gasteiger partial charge in [-0.15, -0.1) is 0 Å². The summed E-state index contributed by atoms with van der Waals surface area (Å²) < 4.78 is 96.2. The highest BCUT2D eigenvalue weighted by atomic mass is 35.5. The van der Waals surface area contributed by atoms with Gasteiger partial charge in [0.1, 0.15) is 17.3 Å². The maximum absolute atomic E-state index is 13.8. The third kappa shape index (κ3) is 5.18. The Balaban J connectivity index is 2.74. The van der Waals surface area contributed by atoms with Gasteiger partial charge in [-0.1, -0.05) is 11.6 Å². The lowest BCUT2D eigenvalue weighted by molar-refractivity contribution is 0.0925. The summed E-state index contributed by atoms with van der Waals surface area (Å²) in [6, 6.07) is 3.86. The molecule has 0 radical (unpaired) electrons. The van der Waals surface area contributed by atoms with Gasteiger partial charge in [0.25, 0.3) is 12.3 Å². The molecule has 2 rings (SSSR count). The van der Waals surface area contributed by atoms with Gasteiger partial charge in [-0.25, -0.2) is 21.6 Å². The van der Waals surface area contributed by atoms with Gasteiger partial charge >= 0.3 is 5.76 Å². The fourth-order valence-corrected chi connectivity index (χ4v) is 3.57. The molecule has 0 unspecified atom stereocenters. The van der Waals surface area contributed by atoms with Crippen LogP contribution in [0.5, 0.6) is 11.5 Å². The van der Waals surface area contributed by atoms with Crippen LogP contribution in [0.3, 0.4) is 0 Å². The van der Waals surface area contributed by atoms with Crippen molar-refractivity contribution >= 4 is 27.3 Å². The van der Waals surface area contributed by atoms with Gasteiger partial charge in [0, 0.05) is 17.6 Å². The third-order valence-corrected chi connectivity index (χ3v) is 5.26. The average Bonchev–Trinajstić information content (AvgIpc) is 2.64. The van der Waals surface area contributed by atoms with E-state index in [1.807, 2.05) is 5.32 Å². The van der Waals surface area contributed by atoms with Crippen LogP contribution in [0.25, 0.3) is 0 Å². The molecule has 0 aliphatic carbocycles. The molecule has 0 atom stereocenters. The van der Waals surface area contributed by atoms with E-state index in [2.05, 4.69) is 0 Å². The predicted octanol–water partition coefficient (Wildman–Crippen LogP) is 3.93.